The molecule has 0 aromatic carbocycles. The van der Waals surface area contributed by atoms with Crippen molar-refractivity contribution in [2.45, 2.75) is 45.3 Å². The van der Waals surface area contributed by atoms with Gasteiger partial charge in [-0.1, -0.05) is 6.92 Å². The largest absolute Gasteiger partial charge is 0.392 e. The number of aliphatic hydroxyl groups is 1. The summed E-state index contributed by atoms with van der Waals surface area (Å²) >= 11 is 0. The van der Waals surface area contributed by atoms with Crippen LogP contribution in [0.25, 0.3) is 0 Å². The second-order valence-electron chi connectivity index (χ2n) is 4.34. The molecule has 0 radical (unpaired) electrons. The van der Waals surface area contributed by atoms with Crippen LogP contribution in [0.1, 0.15) is 33.1 Å². The van der Waals surface area contributed by atoms with Crippen LogP contribution in [-0.2, 0) is 0 Å². The Morgan fingerprint density at radius 2 is 2.36 bits per heavy atom. The molecule has 0 spiro atoms. The van der Waals surface area contributed by atoms with Crippen LogP contribution in [0.4, 0.5) is 0 Å². The van der Waals surface area contributed by atoms with E-state index in [9.17, 15) is 5.11 Å². The van der Waals surface area contributed by atoms with Gasteiger partial charge in [0, 0.05) is 19.1 Å². The molecule has 1 heterocycles. The van der Waals surface area contributed by atoms with E-state index in [2.05, 4.69) is 17.1 Å². The van der Waals surface area contributed by atoms with Crippen molar-refractivity contribution in [3.05, 3.63) is 0 Å². The zero-order valence-corrected chi connectivity index (χ0v) is 9.50. The summed E-state index contributed by atoms with van der Waals surface area (Å²) in [5.41, 5.74) is 0. The molecule has 0 aromatic heterocycles. The van der Waals surface area contributed by atoms with E-state index >= 15 is 0 Å². The summed E-state index contributed by atoms with van der Waals surface area (Å²) < 4.78 is 0. The molecule has 1 aliphatic heterocycles. The fourth-order valence-electron chi connectivity index (χ4n) is 2.19. The van der Waals surface area contributed by atoms with E-state index in [-0.39, 0.29) is 6.10 Å². The second kappa shape index (κ2) is 6.38. The maximum absolute atomic E-state index is 9.42. The number of nitrogens with one attached hydrogen (secondary N) is 1. The van der Waals surface area contributed by atoms with E-state index in [1.54, 1.807) is 0 Å². The van der Waals surface area contributed by atoms with Gasteiger partial charge in [0.15, 0.2) is 0 Å². The van der Waals surface area contributed by atoms with Gasteiger partial charge in [-0.2, -0.15) is 0 Å². The predicted molar refractivity (Wildman–Crippen MR) is 59.4 cm³/mol. The lowest BCUT2D eigenvalue weighted by molar-refractivity contribution is 0.0873. The quantitative estimate of drug-likeness (QED) is 0.690. The molecule has 84 valence electrons. The highest BCUT2D eigenvalue weighted by atomic mass is 16.3. The molecular formula is C11H24N2O. The Balaban J connectivity index is 2.38. The van der Waals surface area contributed by atoms with E-state index < -0.39 is 0 Å². The zero-order valence-electron chi connectivity index (χ0n) is 9.50. The Bertz CT molecular complexity index is 144. The van der Waals surface area contributed by atoms with Crippen LogP contribution in [-0.4, -0.2) is 48.3 Å². The normalized spacial score (nSPS) is 25.3. The molecule has 0 saturated carbocycles. The van der Waals surface area contributed by atoms with Crippen molar-refractivity contribution < 1.29 is 5.11 Å². The van der Waals surface area contributed by atoms with Gasteiger partial charge in [0.1, 0.15) is 0 Å². The molecule has 1 aliphatic rings. The van der Waals surface area contributed by atoms with Crippen LogP contribution in [0.2, 0.25) is 0 Å². The van der Waals surface area contributed by atoms with Crippen LogP contribution in [0.5, 0.6) is 0 Å². The third-order valence-electron chi connectivity index (χ3n) is 2.80. The molecule has 1 saturated heterocycles. The molecule has 1 rings (SSSR count). The second-order valence-corrected chi connectivity index (χ2v) is 4.34. The predicted octanol–water partition coefficient (Wildman–Crippen LogP) is 0.831. The molecule has 0 aliphatic carbocycles. The van der Waals surface area contributed by atoms with Crippen LogP contribution >= 0.6 is 0 Å². The van der Waals surface area contributed by atoms with Gasteiger partial charge >= 0.3 is 0 Å². The monoisotopic (exact) mass is 200 g/mol. The maximum atomic E-state index is 9.42. The molecule has 1 unspecified atom stereocenters. The number of piperidine rings is 1. The summed E-state index contributed by atoms with van der Waals surface area (Å²) in [4.78, 5) is 2.43. The fraction of sp³-hybridized carbons (Fsp3) is 1.00. The molecule has 0 bridgehead atoms. The van der Waals surface area contributed by atoms with E-state index in [0.29, 0.717) is 6.04 Å². The standard InChI is InChI=1S/C11H24N2O/c1-3-7-13(9-10(2)14)11-5-4-6-12-8-11/h10-12,14H,3-9H2,1-2H3/t10-,11?/m1/s1. The third kappa shape index (κ3) is 3.95. The summed E-state index contributed by atoms with van der Waals surface area (Å²) in [5.74, 6) is 0. The van der Waals surface area contributed by atoms with E-state index in [4.69, 9.17) is 0 Å². The van der Waals surface area contributed by atoms with Gasteiger partial charge in [-0.3, -0.25) is 4.90 Å². The van der Waals surface area contributed by atoms with Gasteiger partial charge in [0.05, 0.1) is 6.10 Å². The minimum atomic E-state index is -0.205. The van der Waals surface area contributed by atoms with Gasteiger partial charge in [-0.25, -0.2) is 0 Å². The number of hydrogen-bond donors (Lipinski definition) is 2. The molecular weight excluding hydrogens is 176 g/mol. The Kier molecular flexibility index (Phi) is 5.45. The van der Waals surface area contributed by atoms with Gasteiger partial charge in [-0.15, -0.1) is 0 Å². The molecule has 1 fully saturated rings. The topological polar surface area (TPSA) is 35.5 Å². The first kappa shape index (κ1) is 12.0. The summed E-state index contributed by atoms with van der Waals surface area (Å²) in [5, 5.41) is 12.8. The molecule has 2 N–H and O–H groups in total. The highest BCUT2D eigenvalue weighted by Gasteiger charge is 2.20. The van der Waals surface area contributed by atoms with Gasteiger partial charge in [0.2, 0.25) is 0 Å². The number of aliphatic hydroxyl groups excluding tert-OH is 1. The molecule has 3 heteroatoms. The SMILES string of the molecule is CCCN(C[C@@H](C)O)C1CCCNC1. The van der Waals surface area contributed by atoms with Crippen molar-refractivity contribution in [1.82, 2.24) is 10.2 Å². The van der Waals surface area contributed by atoms with Crippen molar-refractivity contribution in [2.24, 2.45) is 0 Å². The van der Waals surface area contributed by atoms with Gasteiger partial charge in [0.25, 0.3) is 0 Å². The van der Waals surface area contributed by atoms with Crippen molar-refractivity contribution in [1.29, 1.82) is 0 Å². The fourth-order valence-corrected chi connectivity index (χ4v) is 2.19. The number of hydrogen-bond acceptors (Lipinski definition) is 3. The summed E-state index contributed by atoms with van der Waals surface area (Å²) in [6.07, 6.45) is 3.51. The Labute approximate surface area is 87.5 Å². The minimum Gasteiger partial charge on any atom is -0.392 e. The van der Waals surface area contributed by atoms with E-state index in [1.165, 1.54) is 19.3 Å². The first-order chi connectivity index (χ1) is 6.74. The van der Waals surface area contributed by atoms with Crippen molar-refractivity contribution in [2.75, 3.05) is 26.2 Å². The lowest BCUT2D eigenvalue weighted by Gasteiger charge is -2.35. The van der Waals surface area contributed by atoms with Crippen molar-refractivity contribution in [3.63, 3.8) is 0 Å². The smallest absolute Gasteiger partial charge is 0.0639 e. The number of nitrogens with zero attached hydrogens (tertiary/aromatic N) is 1. The maximum Gasteiger partial charge on any atom is 0.0639 e. The number of rotatable bonds is 5. The average Bonchev–Trinajstić information content (AvgIpc) is 2.18. The molecule has 0 aromatic rings. The van der Waals surface area contributed by atoms with Crippen LogP contribution in [0, 0.1) is 0 Å². The lowest BCUT2D eigenvalue weighted by atomic mass is 10.1. The van der Waals surface area contributed by atoms with Crippen LogP contribution in [0.3, 0.4) is 0 Å². The summed E-state index contributed by atoms with van der Waals surface area (Å²) in [7, 11) is 0. The molecule has 14 heavy (non-hydrogen) atoms. The van der Waals surface area contributed by atoms with E-state index in [0.717, 1.165) is 26.2 Å². The molecule has 3 nitrogen and oxygen atoms in total. The summed E-state index contributed by atoms with van der Waals surface area (Å²) in [6.45, 7) is 8.25. The Morgan fingerprint density at radius 1 is 1.57 bits per heavy atom. The van der Waals surface area contributed by atoms with Gasteiger partial charge < -0.3 is 10.4 Å². The van der Waals surface area contributed by atoms with Crippen molar-refractivity contribution >= 4 is 0 Å². The first-order valence-electron chi connectivity index (χ1n) is 5.87. The lowest BCUT2D eigenvalue weighted by Crippen LogP contribution is -2.48. The third-order valence-corrected chi connectivity index (χ3v) is 2.80. The van der Waals surface area contributed by atoms with E-state index in [1.807, 2.05) is 6.92 Å². The highest BCUT2D eigenvalue weighted by Crippen LogP contribution is 2.11. The Morgan fingerprint density at radius 3 is 2.86 bits per heavy atom. The van der Waals surface area contributed by atoms with Crippen molar-refractivity contribution in [3.8, 4) is 0 Å². The summed E-state index contributed by atoms with van der Waals surface area (Å²) in [6, 6.07) is 0.637. The zero-order chi connectivity index (χ0) is 10.4. The Hall–Kier alpha value is -0.120. The van der Waals surface area contributed by atoms with Crippen LogP contribution in [0.15, 0.2) is 0 Å². The molecule has 2 atom stereocenters. The van der Waals surface area contributed by atoms with Gasteiger partial charge in [-0.05, 0) is 39.3 Å². The first-order valence-corrected chi connectivity index (χ1v) is 5.87. The highest BCUT2D eigenvalue weighted by molar-refractivity contribution is 4.79. The van der Waals surface area contributed by atoms with Crippen LogP contribution < -0.4 is 5.32 Å². The average molecular weight is 200 g/mol. The molecule has 0 amide bonds. The minimum absolute atomic E-state index is 0.205.